The Morgan fingerprint density at radius 2 is 2.67 bits per heavy atom. The van der Waals surface area contributed by atoms with E-state index in [1.54, 1.807) is 6.08 Å². The van der Waals surface area contributed by atoms with Crippen LogP contribution in [-0.2, 0) is 0 Å². The van der Waals surface area contributed by atoms with E-state index in [0.717, 1.165) is 0 Å². The van der Waals surface area contributed by atoms with Crippen LogP contribution in [0, 0.1) is 0 Å². The molecule has 0 spiro atoms. The normalized spacial score (nSPS) is 9.33. The van der Waals surface area contributed by atoms with Crippen LogP contribution in [0.4, 0.5) is 0 Å². The zero-order valence-corrected chi connectivity index (χ0v) is 3.39. The van der Waals surface area contributed by atoms with Crippen LogP contribution in [0.3, 0.4) is 0 Å². The topological polar surface area (TPSA) is 32.6 Å². The molecular formula is C4H6NO. The van der Waals surface area contributed by atoms with Crippen LogP contribution < -0.4 is 0 Å². The molecule has 0 amide bonds. The summed E-state index contributed by atoms with van der Waals surface area (Å²) in [6.45, 7) is 3.36. The molecule has 0 aromatic rings. The fourth-order valence-electron chi connectivity index (χ4n) is 0.105. The molecule has 2 nitrogen and oxygen atoms in total. The Hall–Kier alpha value is -0.790. The summed E-state index contributed by atoms with van der Waals surface area (Å²) in [5.41, 5.74) is 0. The molecule has 1 N–H and O–H groups in total. The Labute approximate surface area is 36.8 Å². The van der Waals surface area contributed by atoms with Crippen LogP contribution in [0.5, 0.6) is 0 Å². The number of allylic oxidation sites excluding steroid dienone is 1. The van der Waals surface area contributed by atoms with E-state index in [9.17, 15) is 0 Å². The third kappa shape index (κ3) is 3.21. The molecule has 6 heavy (non-hydrogen) atoms. The van der Waals surface area contributed by atoms with E-state index >= 15 is 0 Å². The number of rotatable bonds is 2. The standard InChI is InChI=1S/C4H6NO/c1-2-3-4-5-6/h2,6H,1,3H2. The lowest BCUT2D eigenvalue weighted by Gasteiger charge is -1.66. The van der Waals surface area contributed by atoms with E-state index in [4.69, 9.17) is 5.21 Å². The average Bonchev–Trinajstić information content (AvgIpc) is 1.61. The highest BCUT2D eigenvalue weighted by Crippen LogP contribution is 1.68. The zero-order valence-electron chi connectivity index (χ0n) is 3.39. The number of hydrogen-bond donors (Lipinski definition) is 1. The van der Waals surface area contributed by atoms with Gasteiger partial charge in [-0.3, -0.25) is 0 Å². The minimum atomic E-state index is 0.510. The fraction of sp³-hybridized carbons (Fsp3) is 0.250. The molecule has 33 valence electrons. The van der Waals surface area contributed by atoms with Gasteiger partial charge in [-0.05, 0) is 0 Å². The summed E-state index contributed by atoms with van der Waals surface area (Å²) in [7, 11) is 0. The highest BCUT2D eigenvalue weighted by atomic mass is 16.4. The molecule has 0 atom stereocenters. The fourth-order valence-corrected chi connectivity index (χ4v) is 0.105. The summed E-state index contributed by atoms with van der Waals surface area (Å²) in [5, 5.41) is 10.3. The summed E-state index contributed by atoms with van der Waals surface area (Å²) in [6.07, 6.45) is 4.37. The van der Waals surface area contributed by atoms with Crippen LogP contribution in [0.25, 0.3) is 0 Å². The van der Waals surface area contributed by atoms with Crippen molar-refractivity contribution < 1.29 is 5.21 Å². The lowest BCUT2D eigenvalue weighted by atomic mass is 10.5. The van der Waals surface area contributed by atoms with Crippen LogP contribution in [0.15, 0.2) is 17.8 Å². The molecule has 0 aliphatic rings. The molecule has 0 aliphatic carbocycles. The molecule has 0 aromatic heterocycles. The van der Waals surface area contributed by atoms with E-state index in [1.165, 1.54) is 0 Å². The first kappa shape index (κ1) is 5.21. The molecule has 0 saturated carbocycles. The molecule has 0 rings (SSSR count). The van der Waals surface area contributed by atoms with Gasteiger partial charge in [0.15, 0.2) is 0 Å². The maximum Gasteiger partial charge on any atom is 0.108 e. The van der Waals surface area contributed by atoms with Gasteiger partial charge in [0.2, 0.25) is 0 Å². The molecule has 0 bridgehead atoms. The van der Waals surface area contributed by atoms with E-state index in [1.807, 2.05) is 0 Å². The summed E-state index contributed by atoms with van der Waals surface area (Å²) in [4.78, 5) is 0. The van der Waals surface area contributed by atoms with Crippen LogP contribution in [0.2, 0.25) is 0 Å². The predicted octanol–water partition coefficient (Wildman–Crippen LogP) is 0.899. The van der Waals surface area contributed by atoms with Crippen molar-refractivity contribution in [1.29, 1.82) is 0 Å². The van der Waals surface area contributed by atoms with Crippen molar-refractivity contribution >= 4 is 6.21 Å². The van der Waals surface area contributed by atoms with Gasteiger partial charge in [-0.15, -0.1) is 6.58 Å². The summed E-state index contributed by atoms with van der Waals surface area (Å²) in [6, 6.07) is 0. The number of hydrogen-bond acceptors (Lipinski definition) is 2. The second-order valence-electron chi connectivity index (χ2n) is 0.751. The Morgan fingerprint density at radius 1 is 2.00 bits per heavy atom. The smallest absolute Gasteiger partial charge is 0.108 e. The van der Waals surface area contributed by atoms with Crippen molar-refractivity contribution in [3.05, 3.63) is 12.7 Å². The van der Waals surface area contributed by atoms with Crippen LogP contribution in [0.1, 0.15) is 6.42 Å². The lowest BCUT2D eigenvalue weighted by molar-refractivity contribution is 0.321. The molecule has 2 heteroatoms. The molecule has 0 fully saturated rings. The quantitative estimate of drug-likeness (QED) is 0.229. The first-order chi connectivity index (χ1) is 2.91. The average molecular weight is 84.1 g/mol. The maximum atomic E-state index is 7.66. The van der Waals surface area contributed by atoms with Crippen molar-refractivity contribution in [2.24, 2.45) is 5.16 Å². The molecule has 0 heterocycles. The highest BCUT2D eigenvalue weighted by molar-refractivity contribution is 5.57. The Balaban J connectivity index is 2.85. The van der Waals surface area contributed by atoms with Gasteiger partial charge in [-0.25, -0.2) is 0 Å². The van der Waals surface area contributed by atoms with Crippen molar-refractivity contribution in [3.63, 3.8) is 0 Å². The largest absolute Gasteiger partial charge is 0.411 e. The first-order valence-electron chi connectivity index (χ1n) is 1.59. The third-order valence-electron chi connectivity index (χ3n) is 0.306. The van der Waals surface area contributed by atoms with Gasteiger partial charge in [-0.2, -0.15) is 0 Å². The van der Waals surface area contributed by atoms with E-state index in [2.05, 4.69) is 17.9 Å². The minimum absolute atomic E-state index is 0.510. The molecule has 0 unspecified atom stereocenters. The SMILES string of the molecule is C=CC/[C]=N/O. The maximum absolute atomic E-state index is 7.66. The lowest BCUT2D eigenvalue weighted by Crippen LogP contribution is -1.64. The molecular weight excluding hydrogens is 78.0 g/mol. The minimum Gasteiger partial charge on any atom is -0.411 e. The second-order valence-corrected chi connectivity index (χ2v) is 0.751. The highest BCUT2D eigenvalue weighted by Gasteiger charge is 1.62. The zero-order chi connectivity index (χ0) is 4.83. The van der Waals surface area contributed by atoms with Gasteiger partial charge < -0.3 is 5.21 Å². The Kier molecular flexibility index (Phi) is 3.66. The van der Waals surface area contributed by atoms with Gasteiger partial charge in [0.05, 0.1) is 0 Å². The van der Waals surface area contributed by atoms with Gasteiger partial charge in [0, 0.05) is 6.42 Å². The van der Waals surface area contributed by atoms with Gasteiger partial charge in [-0.1, -0.05) is 11.2 Å². The van der Waals surface area contributed by atoms with Gasteiger partial charge in [0.25, 0.3) is 0 Å². The Morgan fingerprint density at radius 3 is 2.83 bits per heavy atom. The van der Waals surface area contributed by atoms with E-state index < -0.39 is 0 Å². The van der Waals surface area contributed by atoms with E-state index in [0.29, 0.717) is 6.42 Å². The number of nitrogens with zero attached hydrogens (tertiary/aromatic N) is 1. The molecule has 0 aromatic carbocycles. The first-order valence-corrected chi connectivity index (χ1v) is 1.59. The molecule has 0 saturated heterocycles. The molecule has 0 aliphatic heterocycles. The van der Waals surface area contributed by atoms with Gasteiger partial charge in [0.1, 0.15) is 6.21 Å². The van der Waals surface area contributed by atoms with Gasteiger partial charge >= 0.3 is 0 Å². The third-order valence-corrected chi connectivity index (χ3v) is 0.306. The summed E-state index contributed by atoms with van der Waals surface area (Å²) < 4.78 is 0. The van der Waals surface area contributed by atoms with Crippen LogP contribution in [-0.4, -0.2) is 11.4 Å². The predicted molar refractivity (Wildman–Crippen MR) is 24.0 cm³/mol. The van der Waals surface area contributed by atoms with Crippen molar-refractivity contribution in [1.82, 2.24) is 0 Å². The second kappa shape index (κ2) is 4.21. The van der Waals surface area contributed by atoms with Crippen molar-refractivity contribution in [2.45, 2.75) is 6.42 Å². The van der Waals surface area contributed by atoms with E-state index in [-0.39, 0.29) is 0 Å². The summed E-state index contributed by atoms with van der Waals surface area (Å²) >= 11 is 0. The van der Waals surface area contributed by atoms with Crippen molar-refractivity contribution in [3.8, 4) is 0 Å². The summed E-state index contributed by atoms with van der Waals surface area (Å²) in [5.74, 6) is 0. The Bertz CT molecular complexity index is 58.6. The monoisotopic (exact) mass is 84.0 g/mol. The van der Waals surface area contributed by atoms with Crippen molar-refractivity contribution in [2.75, 3.05) is 0 Å². The van der Waals surface area contributed by atoms with Crippen LogP contribution >= 0.6 is 0 Å². The molecule has 1 radical (unpaired) electrons.